The quantitative estimate of drug-likeness (QED) is 0.752. The zero-order valence-corrected chi connectivity index (χ0v) is 16.1. The van der Waals surface area contributed by atoms with Gasteiger partial charge in [0.15, 0.2) is 9.84 Å². The molecule has 2 aliphatic rings. The van der Waals surface area contributed by atoms with Crippen LogP contribution in [-0.2, 0) is 21.1 Å². The maximum atomic E-state index is 12.4. The molecule has 1 amide bonds. The first-order valence-electron chi connectivity index (χ1n) is 8.40. The van der Waals surface area contributed by atoms with Gasteiger partial charge in [-0.25, -0.2) is 8.42 Å². The van der Waals surface area contributed by atoms with Crippen LogP contribution in [0, 0.1) is 0 Å². The van der Waals surface area contributed by atoms with Crippen molar-refractivity contribution in [1.29, 1.82) is 0 Å². The minimum Gasteiger partial charge on any atom is -0.340 e. The van der Waals surface area contributed by atoms with E-state index in [9.17, 15) is 13.2 Å². The van der Waals surface area contributed by atoms with Gasteiger partial charge in [0.25, 0.3) is 0 Å². The Morgan fingerprint density at radius 3 is 2.50 bits per heavy atom. The van der Waals surface area contributed by atoms with Crippen LogP contribution in [0.1, 0.15) is 18.4 Å². The van der Waals surface area contributed by atoms with Crippen LogP contribution in [-0.4, -0.2) is 67.9 Å². The molecule has 0 saturated carbocycles. The third-order valence-corrected chi connectivity index (χ3v) is 7.48. The molecule has 2 saturated heterocycles. The second-order valence-corrected chi connectivity index (χ2v) is 9.65. The summed E-state index contributed by atoms with van der Waals surface area (Å²) in [6.07, 6.45) is 1.99. The Bertz CT molecular complexity index is 700. The Labute approximate surface area is 152 Å². The van der Waals surface area contributed by atoms with Crippen LogP contribution >= 0.6 is 15.9 Å². The van der Waals surface area contributed by atoms with E-state index in [1.54, 1.807) is 0 Å². The molecular formula is C17H23BrN2O3S. The number of nitrogens with zero attached hydrogens (tertiary/aromatic N) is 2. The van der Waals surface area contributed by atoms with Gasteiger partial charge in [-0.05, 0) is 24.5 Å². The Hall–Kier alpha value is -0.920. The third kappa shape index (κ3) is 4.37. The maximum Gasteiger partial charge on any atom is 0.222 e. The van der Waals surface area contributed by atoms with Gasteiger partial charge >= 0.3 is 0 Å². The summed E-state index contributed by atoms with van der Waals surface area (Å²) < 4.78 is 24.3. The van der Waals surface area contributed by atoms with Gasteiger partial charge in [0.1, 0.15) is 0 Å². The number of carbonyl (C=O) groups is 1. The second kappa shape index (κ2) is 7.54. The van der Waals surface area contributed by atoms with E-state index in [1.165, 1.54) is 0 Å². The van der Waals surface area contributed by atoms with Crippen molar-refractivity contribution in [2.75, 3.05) is 37.7 Å². The Morgan fingerprint density at radius 2 is 1.88 bits per heavy atom. The number of piperazine rings is 1. The summed E-state index contributed by atoms with van der Waals surface area (Å²) in [4.78, 5) is 16.6. The van der Waals surface area contributed by atoms with Crippen LogP contribution < -0.4 is 0 Å². The first kappa shape index (κ1) is 17.9. The van der Waals surface area contributed by atoms with Crippen LogP contribution in [0.15, 0.2) is 28.7 Å². The van der Waals surface area contributed by atoms with Crippen LogP contribution in [0.3, 0.4) is 0 Å². The van der Waals surface area contributed by atoms with Gasteiger partial charge in [-0.1, -0.05) is 34.1 Å². The number of hydrogen-bond donors (Lipinski definition) is 0. The number of rotatable bonds is 4. The molecule has 1 atom stereocenters. The molecule has 3 rings (SSSR count). The van der Waals surface area contributed by atoms with Gasteiger partial charge in [-0.3, -0.25) is 9.69 Å². The van der Waals surface area contributed by atoms with E-state index in [0.29, 0.717) is 25.3 Å². The van der Waals surface area contributed by atoms with Crippen LogP contribution in [0.25, 0.3) is 0 Å². The number of hydrogen-bond acceptors (Lipinski definition) is 4. The topological polar surface area (TPSA) is 57.7 Å². The molecule has 1 aromatic rings. The van der Waals surface area contributed by atoms with Crippen molar-refractivity contribution < 1.29 is 13.2 Å². The molecule has 132 valence electrons. The van der Waals surface area contributed by atoms with Gasteiger partial charge < -0.3 is 4.90 Å². The van der Waals surface area contributed by atoms with E-state index in [1.807, 2.05) is 29.2 Å². The fourth-order valence-electron chi connectivity index (χ4n) is 3.50. The Morgan fingerprint density at radius 1 is 1.17 bits per heavy atom. The van der Waals surface area contributed by atoms with Crippen molar-refractivity contribution >= 4 is 31.7 Å². The number of benzene rings is 1. The lowest BCUT2D eigenvalue weighted by Crippen LogP contribution is -2.52. The number of sulfone groups is 1. The van der Waals surface area contributed by atoms with Gasteiger partial charge in [0, 0.05) is 43.1 Å². The summed E-state index contributed by atoms with van der Waals surface area (Å²) in [5, 5.41) is 0. The van der Waals surface area contributed by atoms with E-state index in [2.05, 4.69) is 20.8 Å². The summed E-state index contributed by atoms with van der Waals surface area (Å²) in [5.74, 6) is 0.774. The van der Waals surface area contributed by atoms with Gasteiger partial charge in [-0.15, -0.1) is 0 Å². The highest BCUT2D eigenvalue weighted by atomic mass is 79.9. The number of carbonyl (C=O) groups excluding carboxylic acids is 1. The molecule has 1 aromatic carbocycles. The largest absolute Gasteiger partial charge is 0.340 e. The number of amides is 1. The smallest absolute Gasteiger partial charge is 0.222 e. The van der Waals surface area contributed by atoms with Crippen molar-refractivity contribution in [2.45, 2.75) is 25.3 Å². The standard InChI is InChI=1S/C17H23BrN2O3S/c18-16-4-2-1-3-14(16)5-6-17(21)20-10-8-19(9-11-20)15-7-12-24(22,23)13-15/h1-4,15H,5-13H2. The fourth-order valence-corrected chi connectivity index (χ4v) is 5.75. The summed E-state index contributed by atoms with van der Waals surface area (Å²) in [6, 6.07) is 8.13. The SMILES string of the molecule is O=C(CCc1ccccc1Br)N1CCN(C2CCS(=O)(=O)C2)CC1. The lowest BCUT2D eigenvalue weighted by molar-refractivity contribution is -0.133. The summed E-state index contributed by atoms with van der Waals surface area (Å²) in [7, 11) is -2.84. The molecule has 2 fully saturated rings. The van der Waals surface area contributed by atoms with E-state index in [0.717, 1.165) is 36.0 Å². The fraction of sp³-hybridized carbons (Fsp3) is 0.588. The minimum absolute atomic E-state index is 0.146. The molecular weight excluding hydrogens is 392 g/mol. The molecule has 0 spiro atoms. The molecule has 0 N–H and O–H groups in total. The average molecular weight is 415 g/mol. The first-order valence-corrected chi connectivity index (χ1v) is 11.0. The van der Waals surface area contributed by atoms with Crippen molar-refractivity contribution in [3.63, 3.8) is 0 Å². The zero-order chi connectivity index (χ0) is 17.2. The van der Waals surface area contributed by atoms with Crippen molar-refractivity contribution in [1.82, 2.24) is 9.80 Å². The molecule has 7 heteroatoms. The first-order chi connectivity index (χ1) is 11.4. The van der Waals surface area contributed by atoms with E-state index in [4.69, 9.17) is 0 Å². The molecule has 1 unspecified atom stereocenters. The molecule has 24 heavy (non-hydrogen) atoms. The minimum atomic E-state index is -2.84. The normalized spacial score (nSPS) is 24.2. The lowest BCUT2D eigenvalue weighted by Gasteiger charge is -2.37. The van der Waals surface area contributed by atoms with E-state index < -0.39 is 9.84 Å². The molecule has 5 nitrogen and oxygen atoms in total. The zero-order valence-electron chi connectivity index (χ0n) is 13.7. The van der Waals surface area contributed by atoms with Crippen LogP contribution in [0.2, 0.25) is 0 Å². The predicted molar refractivity (Wildman–Crippen MR) is 97.7 cm³/mol. The number of halogens is 1. The molecule has 0 aliphatic carbocycles. The molecule has 2 heterocycles. The van der Waals surface area contributed by atoms with E-state index >= 15 is 0 Å². The molecule has 0 aromatic heterocycles. The van der Waals surface area contributed by atoms with Gasteiger partial charge in [0.05, 0.1) is 11.5 Å². The van der Waals surface area contributed by atoms with Crippen molar-refractivity contribution in [2.24, 2.45) is 0 Å². The van der Waals surface area contributed by atoms with E-state index in [-0.39, 0.29) is 17.7 Å². The lowest BCUT2D eigenvalue weighted by atomic mass is 10.1. The highest BCUT2D eigenvalue weighted by molar-refractivity contribution is 9.10. The molecule has 0 bridgehead atoms. The molecule has 0 radical (unpaired) electrons. The summed E-state index contributed by atoms with van der Waals surface area (Å²) in [5.41, 5.74) is 1.15. The van der Waals surface area contributed by atoms with Gasteiger partial charge in [-0.2, -0.15) is 0 Å². The average Bonchev–Trinajstić information content (AvgIpc) is 2.94. The van der Waals surface area contributed by atoms with Crippen molar-refractivity contribution in [3.05, 3.63) is 34.3 Å². The Kier molecular flexibility index (Phi) is 5.62. The van der Waals surface area contributed by atoms with Crippen LogP contribution in [0.4, 0.5) is 0 Å². The summed E-state index contributed by atoms with van der Waals surface area (Å²) in [6.45, 7) is 2.96. The highest BCUT2D eigenvalue weighted by Crippen LogP contribution is 2.20. The van der Waals surface area contributed by atoms with Crippen LogP contribution in [0.5, 0.6) is 0 Å². The van der Waals surface area contributed by atoms with Gasteiger partial charge in [0.2, 0.25) is 5.91 Å². The third-order valence-electron chi connectivity index (χ3n) is 4.96. The monoisotopic (exact) mass is 414 g/mol. The second-order valence-electron chi connectivity index (χ2n) is 6.57. The maximum absolute atomic E-state index is 12.4. The van der Waals surface area contributed by atoms with Crippen molar-refractivity contribution in [3.8, 4) is 0 Å². The molecule has 2 aliphatic heterocycles. The summed E-state index contributed by atoms with van der Waals surface area (Å²) >= 11 is 3.52. The Balaban J connectivity index is 1.46. The predicted octanol–water partition coefficient (Wildman–Crippen LogP) is 1.71. The number of aryl methyl sites for hydroxylation is 1. The highest BCUT2D eigenvalue weighted by Gasteiger charge is 2.34.